The van der Waals surface area contributed by atoms with Crippen molar-refractivity contribution in [1.82, 2.24) is 9.80 Å². The van der Waals surface area contributed by atoms with Crippen LogP contribution in [-0.2, 0) is 11.3 Å². The van der Waals surface area contributed by atoms with Crippen LogP contribution in [0.1, 0.15) is 18.9 Å². The van der Waals surface area contributed by atoms with E-state index in [0.717, 1.165) is 55.3 Å². The number of rotatable bonds is 6. The van der Waals surface area contributed by atoms with Gasteiger partial charge in [0.05, 0.1) is 6.54 Å². The molecule has 0 unspecified atom stereocenters. The molecule has 6 nitrogen and oxygen atoms in total. The average molecular weight is 428 g/mol. The summed E-state index contributed by atoms with van der Waals surface area (Å²) in [5, 5.41) is 0. The second-order valence-electron chi connectivity index (χ2n) is 7.98. The number of nitrogens with zero attached hydrogens (tertiary/aromatic N) is 3. The highest BCUT2D eigenvalue weighted by Crippen LogP contribution is 2.31. The monoisotopic (exact) mass is 427 g/mol. The molecule has 1 amide bonds. The summed E-state index contributed by atoms with van der Waals surface area (Å²) >= 11 is 0. The Hall–Kier alpha value is -2.80. The Bertz CT molecular complexity index is 890. The highest BCUT2D eigenvalue weighted by molar-refractivity contribution is 5.78. The number of carbonyl (C=O) groups is 1. The average Bonchev–Trinajstić information content (AvgIpc) is 3.03. The number of hydrogen-bond donors (Lipinski definition) is 0. The second-order valence-corrected chi connectivity index (χ2v) is 7.98. The molecule has 0 spiro atoms. The van der Waals surface area contributed by atoms with Crippen molar-refractivity contribution in [2.45, 2.75) is 19.9 Å². The van der Waals surface area contributed by atoms with Crippen molar-refractivity contribution >= 4 is 11.6 Å². The maximum absolute atomic E-state index is 13.2. The van der Waals surface area contributed by atoms with E-state index in [1.54, 1.807) is 0 Å². The van der Waals surface area contributed by atoms with Crippen LogP contribution in [0.25, 0.3) is 0 Å². The molecule has 2 aliphatic heterocycles. The van der Waals surface area contributed by atoms with E-state index in [1.807, 2.05) is 42.2 Å². The lowest BCUT2D eigenvalue weighted by atomic mass is 10.1. The van der Waals surface area contributed by atoms with E-state index in [2.05, 4.69) is 9.80 Å². The van der Waals surface area contributed by atoms with Gasteiger partial charge in [-0.05, 0) is 55.3 Å². The highest BCUT2D eigenvalue weighted by atomic mass is 19.1. The molecule has 0 bridgehead atoms. The predicted molar refractivity (Wildman–Crippen MR) is 118 cm³/mol. The molecule has 0 saturated carbocycles. The SMILES string of the molecule is CCN(Cc1ccc2c(c1)OCCO2)C(=O)CN1CCCN(c2ccc(F)cc2)CC1. The fourth-order valence-corrected chi connectivity index (χ4v) is 4.11. The van der Waals surface area contributed by atoms with E-state index in [9.17, 15) is 9.18 Å². The van der Waals surface area contributed by atoms with Gasteiger partial charge in [-0.2, -0.15) is 0 Å². The van der Waals surface area contributed by atoms with Crippen molar-refractivity contribution in [3.8, 4) is 11.5 Å². The van der Waals surface area contributed by atoms with Crippen LogP contribution in [0.2, 0.25) is 0 Å². The van der Waals surface area contributed by atoms with E-state index in [-0.39, 0.29) is 11.7 Å². The minimum absolute atomic E-state index is 0.132. The van der Waals surface area contributed by atoms with Gasteiger partial charge in [0.2, 0.25) is 5.91 Å². The molecule has 1 saturated heterocycles. The summed E-state index contributed by atoms with van der Waals surface area (Å²) in [7, 11) is 0. The Morgan fingerprint density at radius 3 is 2.55 bits per heavy atom. The fourth-order valence-electron chi connectivity index (χ4n) is 4.11. The minimum atomic E-state index is -0.219. The van der Waals surface area contributed by atoms with Crippen LogP contribution < -0.4 is 14.4 Å². The van der Waals surface area contributed by atoms with Crippen molar-refractivity contribution in [3.05, 3.63) is 53.8 Å². The van der Waals surface area contributed by atoms with Crippen LogP contribution in [0, 0.1) is 5.82 Å². The first-order valence-corrected chi connectivity index (χ1v) is 11.0. The second kappa shape index (κ2) is 10.0. The van der Waals surface area contributed by atoms with Gasteiger partial charge in [0.1, 0.15) is 19.0 Å². The molecule has 2 aromatic rings. The smallest absolute Gasteiger partial charge is 0.237 e. The van der Waals surface area contributed by atoms with E-state index in [1.165, 1.54) is 12.1 Å². The third-order valence-corrected chi connectivity index (χ3v) is 5.85. The maximum atomic E-state index is 13.2. The number of halogens is 1. The van der Waals surface area contributed by atoms with Gasteiger partial charge in [-0.3, -0.25) is 9.69 Å². The summed E-state index contributed by atoms with van der Waals surface area (Å²) < 4.78 is 24.5. The molecule has 0 atom stereocenters. The zero-order valence-corrected chi connectivity index (χ0v) is 18.1. The van der Waals surface area contributed by atoms with Crippen LogP contribution >= 0.6 is 0 Å². The van der Waals surface area contributed by atoms with Crippen molar-refractivity contribution < 1.29 is 18.7 Å². The first-order chi connectivity index (χ1) is 15.1. The number of likely N-dealkylation sites (N-methyl/N-ethyl adjacent to an activating group) is 1. The fraction of sp³-hybridized carbons (Fsp3) is 0.458. The topological polar surface area (TPSA) is 45.3 Å². The minimum Gasteiger partial charge on any atom is -0.486 e. The third-order valence-electron chi connectivity index (χ3n) is 5.85. The van der Waals surface area contributed by atoms with Crippen molar-refractivity contribution in [1.29, 1.82) is 0 Å². The number of benzene rings is 2. The van der Waals surface area contributed by atoms with Crippen LogP contribution in [0.5, 0.6) is 11.5 Å². The molecule has 166 valence electrons. The number of carbonyl (C=O) groups excluding carboxylic acids is 1. The van der Waals surface area contributed by atoms with Crippen molar-refractivity contribution in [3.63, 3.8) is 0 Å². The molecule has 1 fully saturated rings. The van der Waals surface area contributed by atoms with Crippen molar-refractivity contribution in [2.24, 2.45) is 0 Å². The highest BCUT2D eigenvalue weighted by Gasteiger charge is 2.21. The molecule has 0 aliphatic carbocycles. The molecule has 0 radical (unpaired) electrons. The van der Waals surface area contributed by atoms with E-state index in [4.69, 9.17) is 9.47 Å². The number of fused-ring (bicyclic) bond motifs is 1. The van der Waals surface area contributed by atoms with Gasteiger partial charge in [0.25, 0.3) is 0 Å². The van der Waals surface area contributed by atoms with Gasteiger partial charge in [-0.15, -0.1) is 0 Å². The van der Waals surface area contributed by atoms with Crippen LogP contribution in [0.4, 0.5) is 10.1 Å². The van der Waals surface area contributed by atoms with Crippen LogP contribution in [-0.4, -0.2) is 68.2 Å². The normalized spacial score (nSPS) is 16.6. The van der Waals surface area contributed by atoms with Crippen molar-refractivity contribution in [2.75, 3.05) is 57.4 Å². The predicted octanol–water partition coefficient (Wildman–Crippen LogP) is 3.16. The molecule has 0 aromatic heterocycles. The molecule has 2 aromatic carbocycles. The summed E-state index contributed by atoms with van der Waals surface area (Å²) in [4.78, 5) is 19.4. The van der Waals surface area contributed by atoms with Gasteiger partial charge < -0.3 is 19.3 Å². The van der Waals surface area contributed by atoms with Gasteiger partial charge in [0.15, 0.2) is 11.5 Å². The summed E-state index contributed by atoms with van der Waals surface area (Å²) in [5.74, 6) is 1.43. The van der Waals surface area contributed by atoms with E-state index >= 15 is 0 Å². The van der Waals surface area contributed by atoms with E-state index < -0.39 is 0 Å². The largest absolute Gasteiger partial charge is 0.486 e. The van der Waals surface area contributed by atoms with Crippen LogP contribution in [0.15, 0.2) is 42.5 Å². The third kappa shape index (κ3) is 5.47. The molecule has 7 heteroatoms. The molecular formula is C24H30FN3O3. The maximum Gasteiger partial charge on any atom is 0.237 e. The zero-order valence-electron chi connectivity index (χ0n) is 18.1. The number of hydrogen-bond acceptors (Lipinski definition) is 5. The molecule has 0 N–H and O–H groups in total. The standard InChI is InChI=1S/C24H30FN3O3/c1-2-27(17-19-4-9-22-23(16-19)31-15-14-30-22)24(29)18-26-10-3-11-28(13-12-26)21-7-5-20(25)6-8-21/h4-9,16H,2-3,10-15,17-18H2,1H3. The summed E-state index contributed by atoms with van der Waals surface area (Å²) in [6, 6.07) is 12.5. The van der Waals surface area contributed by atoms with Gasteiger partial charge in [-0.25, -0.2) is 4.39 Å². The van der Waals surface area contributed by atoms with Gasteiger partial charge in [0, 0.05) is 45.0 Å². The lowest BCUT2D eigenvalue weighted by molar-refractivity contribution is -0.132. The first kappa shape index (κ1) is 21.4. The Balaban J connectivity index is 1.32. The quantitative estimate of drug-likeness (QED) is 0.709. The Kier molecular flexibility index (Phi) is 6.92. The first-order valence-electron chi connectivity index (χ1n) is 11.0. The Morgan fingerprint density at radius 1 is 1.00 bits per heavy atom. The lowest BCUT2D eigenvalue weighted by Gasteiger charge is -2.27. The molecule has 2 heterocycles. The summed E-state index contributed by atoms with van der Waals surface area (Å²) in [6.07, 6.45) is 0.971. The van der Waals surface area contributed by atoms with E-state index in [0.29, 0.717) is 32.8 Å². The summed E-state index contributed by atoms with van der Waals surface area (Å²) in [6.45, 7) is 8.18. The van der Waals surface area contributed by atoms with Gasteiger partial charge >= 0.3 is 0 Å². The number of ether oxygens (including phenoxy) is 2. The Morgan fingerprint density at radius 2 is 1.77 bits per heavy atom. The van der Waals surface area contributed by atoms with Crippen LogP contribution in [0.3, 0.4) is 0 Å². The lowest BCUT2D eigenvalue weighted by Crippen LogP contribution is -2.41. The number of amides is 1. The zero-order chi connectivity index (χ0) is 21.6. The summed E-state index contributed by atoms with van der Waals surface area (Å²) in [5.41, 5.74) is 2.07. The molecular weight excluding hydrogens is 397 g/mol. The molecule has 2 aliphatic rings. The number of anilines is 1. The molecule has 31 heavy (non-hydrogen) atoms. The van der Waals surface area contributed by atoms with Gasteiger partial charge in [-0.1, -0.05) is 6.07 Å². The molecule has 4 rings (SSSR count). The Labute approximate surface area is 183 Å².